The van der Waals surface area contributed by atoms with Gasteiger partial charge in [-0.1, -0.05) is 49.6 Å². The molecule has 0 saturated heterocycles. The van der Waals surface area contributed by atoms with Gasteiger partial charge in [0.25, 0.3) is 5.56 Å². The summed E-state index contributed by atoms with van der Waals surface area (Å²) in [6, 6.07) is 7.85. The van der Waals surface area contributed by atoms with Gasteiger partial charge in [-0.2, -0.15) is 4.98 Å². The summed E-state index contributed by atoms with van der Waals surface area (Å²) in [5.41, 5.74) is 1.59. The van der Waals surface area contributed by atoms with Gasteiger partial charge in [0.15, 0.2) is 11.2 Å². The molecule has 0 bridgehead atoms. The Kier molecular flexibility index (Phi) is 8.24. The number of hydrogen-bond acceptors (Lipinski definition) is 5. The number of aromatic amines is 1. The smallest absolute Gasteiger partial charge is 0.332 e. The van der Waals surface area contributed by atoms with Gasteiger partial charge in [0.1, 0.15) is 6.61 Å². The fourth-order valence-corrected chi connectivity index (χ4v) is 3.63. The summed E-state index contributed by atoms with van der Waals surface area (Å²) >= 11 is 5.94. The van der Waals surface area contributed by atoms with E-state index in [1.165, 1.54) is 4.57 Å². The highest BCUT2D eigenvalue weighted by atomic mass is 35.5. The number of benzene rings is 1. The molecule has 3 aromatic rings. The van der Waals surface area contributed by atoms with E-state index < -0.39 is 11.2 Å². The van der Waals surface area contributed by atoms with E-state index in [-0.39, 0.29) is 42.1 Å². The van der Waals surface area contributed by atoms with Gasteiger partial charge in [0.2, 0.25) is 11.2 Å². The molecule has 1 aromatic carbocycles. The zero-order valence-corrected chi connectivity index (χ0v) is 19.1. The van der Waals surface area contributed by atoms with Crippen molar-refractivity contribution in [3.05, 3.63) is 61.5 Å². The first-order chi connectivity index (χ1) is 15.4. The minimum absolute atomic E-state index is 0.0170. The molecule has 172 valence electrons. The zero-order valence-electron chi connectivity index (χ0n) is 18.3. The molecule has 10 heteroatoms. The summed E-state index contributed by atoms with van der Waals surface area (Å²) in [6.07, 6.45) is 2.73. The third-order valence-corrected chi connectivity index (χ3v) is 5.26. The van der Waals surface area contributed by atoms with Gasteiger partial charge in [-0.15, -0.1) is 0 Å². The zero-order chi connectivity index (χ0) is 23.1. The second kappa shape index (κ2) is 11.1. The highest BCUT2D eigenvalue weighted by Gasteiger charge is 2.16. The molecule has 0 unspecified atom stereocenters. The number of amides is 1. The molecule has 9 nitrogen and oxygen atoms in total. The molecule has 0 aliphatic rings. The summed E-state index contributed by atoms with van der Waals surface area (Å²) in [4.78, 5) is 44.5. The predicted octanol–water partition coefficient (Wildman–Crippen LogP) is 2.37. The van der Waals surface area contributed by atoms with E-state index in [1.54, 1.807) is 0 Å². The first-order valence-electron chi connectivity index (χ1n) is 10.7. The van der Waals surface area contributed by atoms with Gasteiger partial charge in [-0.3, -0.25) is 18.7 Å². The van der Waals surface area contributed by atoms with Gasteiger partial charge in [0.05, 0.1) is 13.2 Å². The molecule has 2 aromatic heterocycles. The normalized spacial score (nSPS) is 11.2. The maximum absolute atomic E-state index is 12.9. The van der Waals surface area contributed by atoms with Crippen LogP contribution in [0, 0.1) is 6.92 Å². The molecule has 0 aliphatic carbocycles. The summed E-state index contributed by atoms with van der Waals surface area (Å²) < 4.78 is 7.96. The third kappa shape index (κ3) is 5.86. The number of rotatable bonds is 11. The van der Waals surface area contributed by atoms with Crippen molar-refractivity contribution in [2.75, 3.05) is 13.2 Å². The average molecular weight is 462 g/mol. The maximum Gasteiger partial charge on any atom is 0.332 e. The van der Waals surface area contributed by atoms with Crippen LogP contribution < -0.4 is 16.6 Å². The summed E-state index contributed by atoms with van der Waals surface area (Å²) in [5.74, 6) is -0.272. The van der Waals surface area contributed by atoms with Gasteiger partial charge < -0.3 is 15.0 Å². The standard InChI is InChI=1S/C22H28ClN5O4/c1-3-4-5-9-27-19-18(25-21(23)26-19)20(30)28(22(27)31)10-11-32-14-17(29)24-13-16-8-6-7-15(2)12-16/h6-8,12H,3-5,9-11,13-14H2,1-2H3,(H,24,29)(H,25,26). The number of carbonyl (C=O) groups is 1. The Hall–Kier alpha value is -2.91. The van der Waals surface area contributed by atoms with Crippen LogP contribution >= 0.6 is 11.6 Å². The second-order valence-corrected chi connectivity index (χ2v) is 8.00. The number of carbonyl (C=O) groups excluding carboxylic acids is 1. The van der Waals surface area contributed by atoms with Gasteiger partial charge in [-0.05, 0) is 30.5 Å². The summed E-state index contributed by atoms with van der Waals surface area (Å²) in [6.45, 7) is 4.79. The Bertz CT molecular complexity index is 1200. The van der Waals surface area contributed by atoms with Crippen LogP contribution in [0.25, 0.3) is 11.2 Å². The van der Waals surface area contributed by atoms with E-state index in [0.29, 0.717) is 13.1 Å². The van der Waals surface area contributed by atoms with E-state index in [2.05, 4.69) is 22.2 Å². The fraction of sp³-hybridized carbons (Fsp3) is 0.455. The monoisotopic (exact) mass is 461 g/mol. The average Bonchev–Trinajstić information content (AvgIpc) is 3.16. The molecule has 32 heavy (non-hydrogen) atoms. The van der Waals surface area contributed by atoms with E-state index in [4.69, 9.17) is 16.3 Å². The number of aryl methyl sites for hydroxylation is 2. The number of nitrogens with one attached hydrogen (secondary N) is 2. The number of nitrogens with zero attached hydrogens (tertiary/aromatic N) is 3. The molecule has 2 N–H and O–H groups in total. The molecule has 3 rings (SSSR count). The highest BCUT2D eigenvalue weighted by molar-refractivity contribution is 6.28. The largest absolute Gasteiger partial charge is 0.370 e. The van der Waals surface area contributed by atoms with Crippen LogP contribution in [-0.2, 0) is 29.2 Å². The van der Waals surface area contributed by atoms with Gasteiger partial charge in [0, 0.05) is 13.1 Å². The van der Waals surface area contributed by atoms with Crippen LogP contribution in [-0.4, -0.2) is 38.2 Å². The Morgan fingerprint density at radius 3 is 2.78 bits per heavy atom. The Morgan fingerprint density at radius 2 is 2.03 bits per heavy atom. The van der Waals surface area contributed by atoms with Crippen molar-refractivity contribution in [2.45, 2.75) is 52.7 Å². The minimum atomic E-state index is -0.511. The van der Waals surface area contributed by atoms with E-state index in [1.807, 2.05) is 31.2 Å². The molecular formula is C22H28ClN5O4. The lowest BCUT2D eigenvalue weighted by atomic mass is 10.1. The van der Waals surface area contributed by atoms with E-state index >= 15 is 0 Å². The van der Waals surface area contributed by atoms with E-state index in [9.17, 15) is 14.4 Å². The molecule has 0 radical (unpaired) electrons. The SMILES string of the molecule is CCCCCn1c(=O)n(CCOCC(=O)NCc2cccc(C)c2)c(=O)c2[nH]c(Cl)nc21. The van der Waals surface area contributed by atoms with Gasteiger partial charge in [-0.25, -0.2) is 4.79 Å². The number of H-pyrrole nitrogens is 1. The lowest BCUT2D eigenvalue weighted by Crippen LogP contribution is -2.41. The van der Waals surface area contributed by atoms with Crippen LogP contribution in [0.3, 0.4) is 0 Å². The second-order valence-electron chi connectivity index (χ2n) is 7.64. The molecule has 1 amide bonds. The Morgan fingerprint density at radius 1 is 1.22 bits per heavy atom. The summed E-state index contributed by atoms with van der Waals surface area (Å²) in [5, 5.41) is 2.84. The molecule has 0 saturated carbocycles. The first-order valence-corrected chi connectivity index (χ1v) is 11.1. The molecule has 0 aliphatic heterocycles. The van der Waals surface area contributed by atoms with Crippen LogP contribution in [0.2, 0.25) is 5.28 Å². The maximum atomic E-state index is 12.9. The van der Waals surface area contributed by atoms with Crippen LogP contribution in [0.15, 0.2) is 33.9 Å². The van der Waals surface area contributed by atoms with Crippen molar-refractivity contribution in [3.63, 3.8) is 0 Å². The number of halogens is 1. The number of fused-ring (bicyclic) bond motifs is 1. The van der Waals surface area contributed by atoms with E-state index in [0.717, 1.165) is 35.0 Å². The molecule has 2 heterocycles. The van der Waals surface area contributed by atoms with Crippen molar-refractivity contribution in [1.29, 1.82) is 0 Å². The fourth-order valence-electron chi connectivity index (χ4n) is 3.45. The number of unbranched alkanes of at least 4 members (excludes halogenated alkanes) is 2. The Labute approximate surface area is 190 Å². The predicted molar refractivity (Wildman–Crippen MR) is 123 cm³/mol. The first kappa shape index (κ1) is 23.7. The minimum Gasteiger partial charge on any atom is -0.370 e. The number of imidazole rings is 1. The topological polar surface area (TPSA) is 111 Å². The third-order valence-electron chi connectivity index (χ3n) is 5.08. The Balaban J connectivity index is 1.61. The molecule has 0 fully saturated rings. The highest BCUT2D eigenvalue weighted by Crippen LogP contribution is 2.10. The van der Waals surface area contributed by atoms with Crippen molar-refractivity contribution < 1.29 is 9.53 Å². The lowest BCUT2D eigenvalue weighted by Gasteiger charge is -2.11. The van der Waals surface area contributed by atoms with Crippen LogP contribution in [0.1, 0.15) is 37.3 Å². The van der Waals surface area contributed by atoms with Crippen LogP contribution in [0.5, 0.6) is 0 Å². The molecular weight excluding hydrogens is 434 g/mol. The number of aromatic nitrogens is 4. The lowest BCUT2D eigenvalue weighted by molar-refractivity contribution is -0.125. The summed E-state index contributed by atoms with van der Waals surface area (Å²) in [7, 11) is 0. The van der Waals surface area contributed by atoms with Crippen molar-refractivity contribution in [2.24, 2.45) is 0 Å². The van der Waals surface area contributed by atoms with Crippen molar-refractivity contribution in [1.82, 2.24) is 24.4 Å². The molecule has 0 spiro atoms. The van der Waals surface area contributed by atoms with Crippen LogP contribution in [0.4, 0.5) is 0 Å². The quantitative estimate of drug-likeness (QED) is 0.336. The van der Waals surface area contributed by atoms with Crippen molar-refractivity contribution in [3.8, 4) is 0 Å². The van der Waals surface area contributed by atoms with Crippen molar-refractivity contribution >= 4 is 28.7 Å². The number of hydrogen-bond donors (Lipinski definition) is 2. The molecule has 0 atom stereocenters. The van der Waals surface area contributed by atoms with Gasteiger partial charge >= 0.3 is 5.69 Å². The number of ether oxygens (including phenoxy) is 1.